The zero-order chi connectivity index (χ0) is 15.5. The van der Waals surface area contributed by atoms with E-state index in [4.69, 9.17) is 16.3 Å². The molecule has 116 valence electrons. The number of ether oxygens (including phenoxy) is 1. The molecule has 1 heterocycles. The van der Waals surface area contributed by atoms with Crippen molar-refractivity contribution in [2.24, 2.45) is 0 Å². The van der Waals surface area contributed by atoms with Gasteiger partial charge in [-0.2, -0.15) is 0 Å². The zero-order valence-corrected chi connectivity index (χ0v) is 11.9. The minimum atomic E-state index is -1.79. The number of hydrogen-bond donors (Lipinski definition) is 5. The van der Waals surface area contributed by atoms with Crippen molar-refractivity contribution in [3.8, 4) is 0 Å². The topological polar surface area (TPSA) is 128 Å². The van der Waals surface area contributed by atoms with Gasteiger partial charge in [-0.3, -0.25) is 9.59 Å². The van der Waals surface area contributed by atoms with Crippen molar-refractivity contribution in [1.82, 2.24) is 10.6 Å². The largest absolute Gasteiger partial charge is 0.394 e. The first kappa shape index (κ1) is 17.1. The van der Waals surface area contributed by atoms with Gasteiger partial charge in [0.15, 0.2) is 6.23 Å². The number of amides is 2. The lowest BCUT2D eigenvalue weighted by Gasteiger charge is -2.48. The molecule has 0 saturated carbocycles. The normalized spacial score (nSPS) is 37.3. The van der Waals surface area contributed by atoms with Crippen LogP contribution in [0.3, 0.4) is 0 Å². The third-order valence-electron chi connectivity index (χ3n) is 3.19. The number of alkyl halides is 1. The van der Waals surface area contributed by atoms with Crippen molar-refractivity contribution in [2.75, 3.05) is 12.5 Å². The van der Waals surface area contributed by atoms with Gasteiger partial charge in [0.25, 0.3) is 0 Å². The molecular formula is C11H19ClN2O6. The molecule has 0 spiro atoms. The lowest BCUT2D eigenvalue weighted by Crippen LogP contribution is -2.72. The van der Waals surface area contributed by atoms with E-state index in [0.29, 0.717) is 0 Å². The molecule has 20 heavy (non-hydrogen) atoms. The molecule has 0 aromatic heterocycles. The van der Waals surface area contributed by atoms with Gasteiger partial charge in [0.1, 0.15) is 29.7 Å². The minimum Gasteiger partial charge on any atom is -0.394 e. The van der Waals surface area contributed by atoms with Gasteiger partial charge in [-0.25, -0.2) is 0 Å². The Hall–Kier alpha value is -0.930. The van der Waals surface area contributed by atoms with Crippen molar-refractivity contribution >= 4 is 23.4 Å². The monoisotopic (exact) mass is 310 g/mol. The van der Waals surface area contributed by atoms with E-state index in [2.05, 4.69) is 10.6 Å². The lowest BCUT2D eigenvalue weighted by atomic mass is 9.84. The van der Waals surface area contributed by atoms with Gasteiger partial charge < -0.3 is 30.7 Å². The number of aliphatic hydroxyl groups excluding tert-OH is 2. The smallest absolute Gasteiger partial charge is 0.236 e. The van der Waals surface area contributed by atoms with Crippen LogP contribution < -0.4 is 10.6 Å². The van der Waals surface area contributed by atoms with Crippen molar-refractivity contribution < 1.29 is 29.6 Å². The third kappa shape index (κ3) is 3.58. The molecular weight excluding hydrogens is 292 g/mol. The molecule has 2 amide bonds. The molecule has 1 saturated heterocycles. The molecule has 5 atom stereocenters. The number of carbonyl (C=O) groups excluding carboxylic acids is 2. The Morgan fingerprint density at radius 2 is 2.00 bits per heavy atom. The summed E-state index contributed by atoms with van der Waals surface area (Å²) in [4.78, 5) is 22.5. The fourth-order valence-electron chi connectivity index (χ4n) is 2.06. The maximum absolute atomic E-state index is 11.3. The summed E-state index contributed by atoms with van der Waals surface area (Å²) in [5.74, 6) is -1.37. The highest BCUT2D eigenvalue weighted by molar-refractivity contribution is 6.27. The van der Waals surface area contributed by atoms with Crippen LogP contribution in [0.25, 0.3) is 0 Å². The zero-order valence-electron chi connectivity index (χ0n) is 11.2. The van der Waals surface area contributed by atoms with Crippen LogP contribution in [0.1, 0.15) is 13.8 Å². The average Bonchev–Trinajstić information content (AvgIpc) is 2.37. The summed E-state index contributed by atoms with van der Waals surface area (Å²) in [5.41, 5.74) is -1.79. The molecule has 1 fully saturated rings. The van der Waals surface area contributed by atoms with Crippen LogP contribution in [0, 0.1) is 0 Å². The summed E-state index contributed by atoms with van der Waals surface area (Å²) in [7, 11) is 0. The lowest BCUT2D eigenvalue weighted by molar-refractivity contribution is -0.245. The highest BCUT2D eigenvalue weighted by atomic mass is 35.5. The molecule has 0 aliphatic carbocycles. The maximum Gasteiger partial charge on any atom is 0.236 e. The Balaban J connectivity index is 2.98. The molecule has 1 rings (SSSR count). The molecule has 0 radical (unpaired) electrons. The Labute approximate surface area is 121 Å². The number of rotatable bonds is 4. The van der Waals surface area contributed by atoms with Crippen LogP contribution in [0.2, 0.25) is 0 Å². The van der Waals surface area contributed by atoms with Crippen LogP contribution >= 0.6 is 11.6 Å². The summed E-state index contributed by atoms with van der Waals surface area (Å²) < 4.78 is 5.34. The van der Waals surface area contributed by atoms with Crippen LogP contribution in [0.4, 0.5) is 0 Å². The first-order valence-corrected chi connectivity index (χ1v) is 6.56. The van der Waals surface area contributed by atoms with Gasteiger partial charge >= 0.3 is 0 Å². The van der Waals surface area contributed by atoms with Gasteiger partial charge in [0.05, 0.1) is 6.61 Å². The molecule has 9 heteroatoms. The summed E-state index contributed by atoms with van der Waals surface area (Å²) in [6.45, 7) is 1.93. The van der Waals surface area contributed by atoms with Gasteiger partial charge in [-0.05, 0) is 6.92 Å². The van der Waals surface area contributed by atoms with Gasteiger partial charge in [-0.15, -0.1) is 11.6 Å². The van der Waals surface area contributed by atoms with E-state index < -0.39 is 48.5 Å². The molecule has 1 aliphatic rings. The first-order valence-electron chi connectivity index (χ1n) is 6.03. The predicted octanol–water partition coefficient (Wildman–Crippen LogP) is -2.32. The van der Waals surface area contributed by atoms with E-state index in [1.807, 2.05) is 0 Å². The standard InChI is InChI=1S/C11H19ClN2O6/c1-5(16)13-8-9(18)11(2,19)6(4-15)20-10(8)14-7(17)3-12/h6,8-10,15,18-19H,3-4H2,1-2H3,(H,13,16)(H,14,17). The summed E-state index contributed by atoms with van der Waals surface area (Å²) >= 11 is 5.37. The van der Waals surface area contributed by atoms with E-state index in [1.54, 1.807) is 0 Å². The van der Waals surface area contributed by atoms with Gasteiger partial charge in [0.2, 0.25) is 11.8 Å². The molecule has 0 bridgehead atoms. The fourth-order valence-corrected chi connectivity index (χ4v) is 2.13. The van der Waals surface area contributed by atoms with Crippen LogP contribution in [0.5, 0.6) is 0 Å². The summed E-state index contributed by atoms with van der Waals surface area (Å²) in [5, 5.41) is 34.3. The van der Waals surface area contributed by atoms with Crippen molar-refractivity contribution in [3.05, 3.63) is 0 Å². The molecule has 0 aromatic rings. The predicted molar refractivity (Wildman–Crippen MR) is 68.8 cm³/mol. The number of aliphatic hydroxyl groups is 3. The minimum absolute atomic E-state index is 0.330. The van der Waals surface area contributed by atoms with Crippen molar-refractivity contribution in [1.29, 1.82) is 0 Å². The maximum atomic E-state index is 11.3. The number of nitrogens with one attached hydrogen (secondary N) is 2. The Kier molecular flexibility index (Phi) is 5.72. The fraction of sp³-hybridized carbons (Fsp3) is 0.818. The van der Waals surface area contributed by atoms with E-state index >= 15 is 0 Å². The highest BCUT2D eigenvalue weighted by Crippen LogP contribution is 2.28. The third-order valence-corrected chi connectivity index (χ3v) is 3.43. The van der Waals surface area contributed by atoms with Crippen LogP contribution in [0.15, 0.2) is 0 Å². The van der Waals surface area contributed by atoms with Crippen molar-refractivity contribution in [3.63, 3.8) is 0 Å². The van der Waals surface area contributed by atoms with Gasteiger partial charge in [0, 0.05) is 6.92 Å². The molecule has 1 aliphatic heterocycles. The Morgan fingerprint density at radius 3 is 2.45 bits per heavy atom. The number of halogens is 1. The SMILES string of the molecule is CC(=O)NC1C(NC(=O)CCl)OC(CO)C(C)(O)C1O. The molecule has 5 unspecified atom stereocenters. The quantitative estimate of drug-likeness (QED) is 0.371. The van der Waals surface area contributed by atoms with Crippen LogP contribution in [-0.2, 0) is 14.3 Å². The Morgan fingerprint density at radius 1 is 1.40 bits per heavy atom. The molecule has 8 nitrogen and oxygen atoms in total. The van der Waals surface area contributed by atoms with E-state index in [0.717, 1.165) is 0 Å². The van der Waals surface area contributed by atoms with Gasteiger partial charge in [-0.1, -0.05) is 0 Å². The Bertz CT molecular complexity index is 378. The van der Waals surface area contributed by atoms with E-state index in [-0.39, 0.29) is 5.88 Å². The second kappa shape index (κ2) is 6.68. The number of hydrogen-bond acceptors (Lipinski definition) is 6. The van der Waals surface area contributed by atoms with E-state index in [9.17, 15) is 24.9 Å². The summed E-state index contributed by atoms with van der Waals surface area (Å²) in [6, 6.07) is -1.07. The first-order chi connectivity index (χ1) is 9.23. The van der Waals surface area contributed by atoms with Crippen LogP contribution in [-0.4, -0.2) is 69.7 Å². The highest BCUT2D eigenvalue weighted by Gasteiger charge is 2.52. The average molecular weight is 311 g/mol. The number of carbonyl (C=O) groups is 2. The van der Waals surface area contributed by atoms with E-state index in [1.165, 1.54) is 13.8 Å². The molecule has 0 aromatic carbocycles. The van der Waals surface area contributed by atoms with Crippen molar-refractivity contribution in [2.45, 2.75) is 43.9 Å². The summed E-state index contributed by atoms with van der Waals surface area (Å²) in [6.07, 6.45) is -3.68. The second-order valence-corrected chi connectivity index (χ2v) is 5.09. The second-order valence-electron chi connectivity index (χ2n) is 4.83. The molecule has 5 N–H and O–H groups in total.